The lowest BCUT2D eigenvalue weighted by atomic mass is 9.90. The van der Waals surface area contributed by atoms with Crippen molar-refractivity contribution in [1.82, 2.24) is 14.4 Å². The van der Waals surface area contributed by atoms with Crippen LogP contribution >= 0.6 is 0 Å². The number of anilines is 2. The third kappa shape index (κ3) is 7.17. The van der Waals surface area contributed by atoms with Gasteiger partial charge in [0.25, 0.3) is 5.91 Å². The second-order valence-corrected chi connectivity index (χ2v) is 16.5. The van der Waals surface area contributed by atoms with Crippen molar-refractivity contribution in [3.05, 3.63) is 191 Å². The Morgan fingerprint density at radius 3 is 1.97 bits per heavy atom. The van der Waals surface area contributed by atoms with Crippen molar-refractivity contribution in [1.29, 1.82) is 0 Å². The number of carbonyl (C=O) groups excluding carboxylic acids is 2. The van der Waals surface area contributed by atoms with E-state index in [2.05, 4.69) is 175 Å². The fraction of sp³-hybridized carbons (Fsp3) is 0.245. The van der Waals surface area contributed by atoms with Gasteiger partial charge in [-0.3, -0.25) is 14.5 Å². The van der Waals surface area contributed by atoms with E-state index < -0.39 is 12.1 Å². The van der Waals surface area contributed by atoms with E-state index >= 15 is 0 Å². The number of rotatable bonds is 11. The first-order chi connectivity index (χ1) is 29.3. The zero-order valence-corrected chi connectivity index (χ0v) is 35.0. The van der Waals surface area contributed by atoms with Gasteiger partial charge in [-0.25, -0.2) is 0 Å². The summed E-state index contributed by atoms with van der Waals surface area (Å²) in [4.78, 5) is 36.5. The van der Waals surface area contributed by atoms with Crippen LogP contribution in [-0.4, -0.2) is 58.4 Å². The summed E-state index contributed by atoms with van der Waals surface area (Å²) in [5, 5.41) is 4.35. The highest BCUT2D eigenvalue weighted by molar-refractivity contribution is 6.06. The van der Waals surface area contributed by atoms with Crippen molar-refractivity contribution in [2.45, 2.75) is 45.3 Å². The highest BCUT2D eigenvalue weighted by Crippen LogP contribution is 2.48. The molecule has 3 atom stereocenters. The molecular weight excluding hydrogens is 739 g/mol. The van der Waals surface area contributed by atoms with E-state index in [9.17, 15) is 9.59 Å². The number of para-hydroxylation sites is 1. The Bertz CT molecular complexity index is 2570. The minimum Gasteiger partial charge on any atom is -0.369 e. The Kier molecular flexibility index (Phi) is 10.8. The standard InChI is InChI=1S/C53H53N5O2/c1-5-37(3)48(52(59)54-41-28-30-42(31-29-41)56-32-34-57(35-33-56)49(38-16-8-6-9-17-38)39-18-10-7-11-19-39)58-51(43-20-12-13-21-44(43)53(58)60)47-45-22-14-15-23-46(45)55(4)50(47)40-26-24-36(2)25-27-40/h6-31,37,48-49,51H,5,32-35H2,1-4H3,(H,54,59). The summed E-state index contributed by atoms with van der Waals surface area (Å²) in [6.45, 7) is 9.94. The fourth-order valence-corrected chi connectivity index (χ4v) is 9.65. The highest BCUT2D eigenvalue weighted by Gasteiger charge is 2.47. The molecule has 3 heterocycles. The molecule has 6 aromatic carbocycles. The van der Waals surface area contributed by atoms with Crippen molar-refractivity contribution in [3.8, 4) is 11.3 Å². The van der Waals surface area contributed by atoms with Crippen LogP contribution in [0.25, 0.3) is 22.2 Å². The molecule has 1 saturated heterocycles. The summed E-state index contributed by atoms with van der Waals surface area (Å²) >= 11 is 0. The Hall–Kier alpha value is -6.44. The van der Waals surface area contributed by atoms with Crippen LogP contribution in [0.3, 0.4) is 0 Å². The summed E-state index contributed by atoms with van der Waals surface area (Å²) < 4.78 is 2.24. The SMILES string of the molecule is CCC(C)C(C(=O)Nc1ccc(N2CCN(C(c3ccccc3)c3ccccc3)CC2)cc1)N1C(=O)c2ccccc2C1c1c(-c2ccc(C)cc2)n(C)c2ccccc12. The minimum atomic E-state index is -0.723. The largest absolute Gasteiger partial charge is 0.369 e. The van der Waals surface area contributed by atoms with Crippen LogP contribution in [0.2, 0.25) is 0 Å². The number of fused-ring (bicyclic) bond motifs is 2. The predicted molar refractivity (Wildman–Crippen MR) is 244 cm³/mol. The van der Waals surface area contributed by atoms with E-state index in [4.69, 9.17) is 0 Å². The lowest BCUT2D eigenvalue weighted by molar-refractivity contribution is -0.122. The Morgan fingerprint density at radius 2 is 1.32 bits per heavy atom. The molecule has 2 aliphatic heterocycles. The number of nitrogens with one attached hydrogen (secondary N) is 1. The number of hydrogen-bond donors (Lipinski definition) is 1. The maximum atomic E-state index is 14.8. The van der Waals surface area contributed by atoms with Crippen molar-refractivity contribution < 1.29 is 9.59 Å². The van der Waals surface area contributed by atoms with Gasteiger partial charge >= 0.3 is 0 Å². The Morgan fingerprint density at radius 1 is 0.717 bits per heavy atom. The maximum Gasteiger partial charge on any atom is 0.255 e. The number of hydrogen-bond acceptors (Lipinski definition) is 4. The first-order valence-corrected chi connectivity index (χ1v) is 21.4. The second-order valence-electron chi connectivity index (χ2n) is 16.5. The maximum absolute atomic E-state index is 14.8. The van der Waals surface area contributed by atoms with Gasteiger partial charge < -0.3 is 19.7 Å². The summed E-state index contributed by atoms with van der Waals surface area (Å²) in [6.07, 6.45) is 0.728. The predicted octanol–water partition coefficient (Wildman–Crippen LogP) is 10.7. The number of carbonyl (C=O) groups is 2. The second kappa shape index (κ2) is 16.7. The average Bonchev–Trinajstić information content (AvgIpc) is 3.74. The first-order valence-electron chi connectivity index (χ1n) is 21.4. The smallest absolute Gasteiger partial charge is 0.255 e. The van der Waals surface area contributed by atoms with Crippen molar-refractivity contribution in [3.63, 3.8) is 0 Å². The molecule has 0 radical (unpaired) electrons. The minimum absolute atomic E-state index is 0.116. The summed E-state index contributed by atoms with van der Waals surface area (Å²) in [5.41, 5.74) is 11.5. The lowest BCUT2D eigenvalue weighted by Gasteiger charge is -2.40. The Labute approximate surface area is 353 Å². The van der Waals surface area contributed by atoms with Gasteiger partial charge in [0.05, 0.1) is 17.8 Å². The van der Waals surface area contributed by atoms with Gasteiger partial charge in [-0.2, -0.15) is 0 Å². The van der Waals surface area contributed by atoms with E-state index in [1.165, 1.54) is 16.7 Å². The van der Waals surface area contributed by atoms with Gasteiger partial charge in [0.15, 0.2) is 0 Å². The molecule has 0 aliphatic carbocycles. The molecule has 1 N–H and O–H groups in total. The van der Waals surface area contributed by atoms with Crippen LogP contribution in [0.1, 0.15) is 70.5 Å². The summed E-state index contributed by atoms with van der Waals surface area (Å²) in [5.74, 6) is -0.410. The number of aromatic nitrogens is 1. The molecule has 1 aromatic heterocycles. The molecule has 3 unspecified atom stereocenters. The Balaban J connectivity index is 0.993. The number of piperazine rings is 1. The van der Waals surface area contributed by atoms with Gasteiger partial charge in [0, 0.05) is 66.6 Å². The van der Waals surface area contributed by atoms with E-state index in [1.54, 1.807) is 0 Å². The van der Waals surface area contributed by atoms with Gasteiger partial charge in [-0.15, -0.1) is 0 Å². The molecular formula is C53H53N5O2. The van der Waals surface area contributed by atoms with Crippen molar-refractivity contribution >= 4 is 34.1 Å². The molecule has 7 aromatic rings. The van der Waals surface area contributed by atoms with E-state index in [0.29, 0.717) is 5.56 Å². The molecule has 0 saturated carbocycles. The van der Waals surface area contributed by atoms with Crippen LogP contribution in [0.4, 0.5) is 11.4 Å². The highest BCUT2D eigenvalue weighted by atomic mass is 16.2. The molecule has 9 rings (SSSR count). The molecule has 60 heavy (non-hydrogen) atoms. The molecule has 302 valence electrons. The third-order valence-corrected chi connectivity index (χ3v) is 12.9. The first kappa shape index (κ1) is 39.0. The van der Waals surface area contributed by atoms with Crippen LogP contribution in [0, 0.1) is 12.8 Å². The molecule has 0 bridgehead atoms. The van der Waals surface area contributed by atoms with E-state index in [0.717, 1.165) is 77.3 Å². The third-order valence-electron chi connectivity index (χ3n) is 12.9. The van der Waals surface area contributed by atoms with Crippen LogP contribution in [0.15, 0.2) is 158 Å². The number of amides is 2. The number of nitrogens with zero attached hydrogens (tertiary/aromatic N) is 4. The van der Waals surface area contributed by atoms with Gasteiger partial charge in [0.1, 0.15) is 6.04 Å². The summed E-state index contributed by atoms with van der Waals surface area (Å²) in [7, 11) is 2.10. The number of aryl methyl sites for hydroxylation is 2. The zero-order chi connectivity index (χ0) is 41.3. The van der Waals surface area contributed by atoms with Gasteiger partial charge in [0.2, 0.25) is 5.91 Å². The molecule has 2 amide bonds. The molecule has 2 aliphatic rings. The molecule has 0 spiro atoms. The van der Waals surface area contributed by atoms with Crippen LogP contribution < -0.4 is 10.2 Å². The van der Waals surface area contributed by atoms with Crippen molar-refractivity contribution in [2.24, 2.45) is 13.0 Å². The van der Waals surface area contributed by atoms with Crippen LogP contribution in [-0.2, 0) is 11.8 Å². The lowest BCUT2D eigenvalue weighted by Crippen LogP contribution is -2.50. The van der Waals surface area contributed by atoms with E-state index in [1.807, 2.05) is 35.2 Å². The monoisotopic (exact) mass is 791 g/mol. The summed E-state index contributed by atoms with van der Waals surface area (Å²) in [6, 6.07) is 53.7. The number of benzene rings is 6. The normalized spacial score (nSPS) is 16.6. The molecule has 1 fully saturated rings. The quantitative estimate of drug-likeness (QED) is 0.142. The van der Waals surface area contributed by atoms with Gasteiger partial charge in [-0.05, 0) is 71.5 Å². The zero-order valence-electron chi connectivity index (χ0n) is 35.0. The topological polar surface area (TPSA) is 60.8 Å². The molecule has 7 nitrogen and oxygen atoms in total. The van der Waals surface area contributed by atoms with Crippen LogP contribution in [0.5, 0.6) is 0 Å². The van der Waals surface area contributed by atoms with E-state index in [-0.39, 0.29) is 23.8 Å². The van der Waals surface area contributed by atoms with Gasteiger partial charge in [-0.1, -0.05) is 147 Å². The average molecular weight is 792 g/mol. The fourth-order valence-electron chi connectivity index (χ4n) is 9.65. The molecule has 7 heteroatoms. The van der Waals surface area contributed by atoms with Crippen molar-refractivity contribution in [2.75, 3.05) is 36.4 Å².